The van der Waals surface area contributed by atoms with Gasteiger partial charge in [-0.2, -0.15) is 0 Å². The number of nitrogens with one attached hydrogen (secondary N) is 1. The topological polar surface area (TPSA) is 70.8 Å². The van der Waals surface area contributed by atoms with Crippen molar-refractivity contribution in [3.8, 4) is 5.75 Å². The smallest absolute Gasteiger partial charge is 0.253 e. The Labute approximate surface area is 159 Å². The van der Waals surface area contributed by atoms with Crippen molar-refractivity contribution < 1.29 is 9.53 Å². The van der Waals surface area contributed by atoms with Crippen LogP contribution in [0.5, 0.6) is 5.75 Å². The number of hydrogen-bond donors (Lipinski definition) is 2. The maximum absolute atomic E-state index is 12.7. The monoisotopic (exact) mass is 366 g/mol. The van der Waals surface area contributed by atoms with Crippen LogP contribution in [0.25, 0.3) is 0 Å². The molecule has 1 amide bonds. The van der Waals surface area contributed by atoms with Crippen molar-refractivity contribution in [3.05, 3.63) is 48.0 Å². The van der Waals surface area contributed by atoms with Crippen molar-refractivity contribution in [2.75, 3.05) is 48.8 Å². The number of hydrogen-bond acceptors (Lipinski definition) is 5. The maximum Gasteiger partial charge on any atom is 0.253 e. The molecule has 1 heterocycles. The van der Waals surface area contributed by atoms with Crippen LogP contribution in [0.3, 0.4) is 0 Å². The van der Waals surface area contributed by atoms with Crippen LogP contribution in [0.4, 0.5) is 17.1 Å². The fraction of sp³-hybridized carbons (Fsp3) is 0.381. The average Bonchev–Trinajstić information content (AvgIpc) is 3.52. The molecule has 27 heavy (non-hydrogen) atoms. The third-order valence-electron chi connectivity index (χ3n) is 5.22. The lowest BCUT2D eigenvalue weighted by atomic mass is 10.1. The van der Waals surface area contributed by atoms with E-state index < -0.39 is 0 Å². The summed E-state index contributed by atoms with van der Waals surface area (Å²) < 4.78 is 5.49. The molecule has 1 saturated carbocycles. The predicted molar refractivity (Wildman–Crippen MR) is 109 cm³/mol. The van der Waals surface area contributed by atoms with Crippen molar-refractivity contribution in [3.63, 3.8) is 0 Å². The van der Waals surface area contributed by atoms with Crippen LogP contribution in [-0.4, -0.2) is 45.2 Å². The van der Waals surface area contributed by atoms with Crippen LogP contribution in [0.2, 0.25) is 0 Å². The van der Waals surface area contributed by atoms with E-state index in [9.17, 15) is 4.79 Å². The lowest BCUT2D eigenvalue weighted by molar-refractivity contribution is 0.0951. The Morgan fingerprint density at radius 3 is 2.37 bits per heavy atom. The fourth-order valence-corrected chi connectivity index (χ4v) is 3.58. The largest absolute Gasteiger partial charge is 0.495 e. The number of methoxy groups -OCH3 is 1. The van der Waals surface area contributed by atoms with Gasteiger partial charge >= 0.3 is 0 Å². The van der Waals surface area contributed by atoms with Gasteiger partial charge in [0.2, 0.25) is 0 Å². The minimum atomic E-state index is -0.0213. The number of nitrogens with two attached hydrogens (primary N) is 1. The second kappa shape index (κ2) is 7.39. The Morgan fingerprint density at radius 2 is 1.70 bits per heavy atom. The SMILES string of the molecule is COc1ccccc1N1CCN(c2ccc(N)cc2C(=O)NC2CC2)CC1. The summed E-state index contributed by atoms with van der Waals surface area (Å²) in [5.41, 5.74) is 9.32. The molecule has 1 saturated heterocycles. The Balaban J connectivity index is 1.50. The maximum atomic E-state index is 12.7. The van der Waals surface area contributed by atoms with Gasteiger partial charge in [0.05, 0.1) is 18.4 Å². The quantitative estimate of drug-likeness (QED) is 0.796. The van der Waals surface area contributed by atoms with Gasteiger partial charge in [-0.05, 0) is 43.2 Å². The van der Waals surface area contributed by atoms with Crippen molar-refractivity contribution >= 4 is 23.0 Å². The summed E-state index contributed by atoms with van der Waals surface area (Å²) in [6.07, 6.45) is 2.14. The number of rotatable bonds is 5. The van der Waals surface area contributed by atoms with Gasteiger partial charge in [0.1, 0.15) is 5.75 Å². The lowest BCUT2D eigenvalue weighted by Crippen LogP contribution is -2.47. The summed E-state index contributed by atoms with van der Waals surface area (Å²) in [5.74, 6) is 0.870. The summed E-state index contributed by atoms with van der Waals surface area (Å²) in [5, 5.41) is 3.08. The Bertz CT molecular complexity index is 827. The van der Waals surface area contributed by atoms with Crippen LogP contribution in [0.15, 0.2) is 42.5 Å². The highest BCUT2D eigenvalue weighted by Crippen LogP contribution is 2.31. The highest BCUT2D eigenvalue weighted by atomic mass is 16.5. The molecular formula is C21H26N4O2. The molecule has 0 atom stereocenters. The van der Waals surface area contributed by atoms with Gasteiger partial charge in [0, 0.05) is 43.6 Å². The van der Waals surface area contributed by atoms with Crippen LogP contribution < -0.4 is 25.6 Å². The van der Waals surface area contributed by atoms with Crippen molar-refractivity contribution in [2.45, 2.75) is 18.9 Å². The first-order valence-corrected chi connectivity index (χ1v) is 9.49. The molecule has 142 valence electrons. The first-order valence-electron chi connectivity index (χ1n) is 9.49. The summed E-state index contributed by atoms with van der Waals surface area (Å²) in [4.78, 5) is 17.3. The van der Waals surface area contributed by atoms with Crippen molar-refractivity contribution in [1.82, 2.24) is 5.32 Å². The van der Waals surface area contributed by atoms with Gasteiger partial charge in [-0.3, -0.25) is 4.79 Å². The van der Waals surface area contributed by atoms with E-state index in [4.69, 9.17) is 10.5 Å². The normalized spacial score (nSPS) is 16.9. The highest BCUT2D eigenvalue weighted by Gasteiger charge is 2.27. The van der Waals surface area contributed by atoms with E-state index in [1.54, 1.807) is 13.2 Å². The predicted octanol–water partition coefficient (Wildman–Crippen LogP) is 2.50. The molecule has 4 rings (SSSR count). The van der Waals surface area contributed by atoms with Gasteiger partial charge in [-0.1, -0.05) is 12.1 Å². The Hall–Kier alpha value is -2.89. The van der Waals surface area contributed by atoms with Crippen LogP contribution in [0.1, 0.15) is 23.2 Å². The number of para-hydroxylation sites is 2. The molecule has 0 aromatic heterocycles. The molecular weight excluding hydrogens is 340 g/mol. The Kier molecular flexibility index (Phi) is 4.79. The number of benzene rings is 2. The van der Waals surface area contributed by atoms with Crippen LogP contribution >= 0.6 is 0 Å². The number of amides is 1. The van der Waals surface area contributed by atoms with E-state index in [0.29, 0.717) is 17.3 Å². The van der Waals surface area contributed by atoms with E-state index >= 15 is 0 Å². The molecule has 6 nitrogen and oxygen atoms in total. The summed E-state index contributed by atoms with van der Waals surface area (Å²) >= 11 is 0. The van der Waals surface area contributed by atoms with Crippen molar-refractivity contribution in [1.29, 1.82) is 0 Å². The second-order valence-corrected chi connectivity index (χ2v) is 7.17. The van der Waals surface area contributed by atoms with Gasteiger partial charge in [-0.25, -0.2) is 0 Å². The standard InChI is InChI=1S/C21H26N4O2/c1-27-20-5-3-2-4-19(20)25-12-10-24(11-13-25)18-9-6-15(22)14-17(18)21(26)23-16-7-8-16/h2-6,9,14,16H,7-8,10-13,22H2,1H3,(H,23,26). The summed E-state index contributed by atoms with van der Waals surface area (Å²) in [6, 6.07) is 14.1. The third kappa shape index (κ3) is 3.79. The molecule has 0 unspecified atom stereocenters. The lowest BCUT2D eigenvalue weighted by Gasteiger charge is -2.38. The second-order valence-electron chi connectivity index (χ2n) is 7.17. The Morgan fingerprint density at radius 1 is 1.04 bits per heavy atom. The zero-order chi connectivity index (χ0) is 18.8. The van der Waals surface area contributed by atoms with E-state index in [-0.39, 0.29) is 5.91 Å². The fourth-order valence-electron chi connectivity index (χ4n) is 3.58. The molecule has 2 aromatic carbocycles. The first kappa shape index (κ1) is 17.5. The molecule has 2 fully saturated rings. The zero-order valence-corrected chi connectivity index (χ0v) is 15.6. The average molecular weight is 366 g/mol. The number of nitrogen functional groups attached to an aromatic ring is 1. The molecule has 0 radical (unpaired) electrons. The molecule has 1 aliphatic heterocycles. The van der Waals surface area contributed by atoms with Gasteiger partial charge in [0.15, 0.2) is 0 Å². The minimum Gasteiger partial charge on any atom is -0.495 e. The molecule has 0 bridgehead atoms. The third-order valence-corrected chi connectivity index (χ3v) is 5.22. The molecule has 0 spiro atoms. The number of ether oxygens (including phenoxy) is 1. The van der Waals surface area contributed by atoms with Crippen LogP contribution in [-0.2, 0) is 0 Å². The number of nitrogens with zero attached hydrogens (tertiary/aromatic N) is 2. The van der Waals surface area contributed by atoms with E-state index in [1.165, 1.54) is 0 Å². The number of carbonyl (C=O) groups excluding carboxylic acids is 1. The van der Waals surface area contributed by atoms with E-state index in [1.807, 2.05) is 30.3 Å². The molecule has 1 aliphatic carbocycles. The molecule has 2 aromatic rings. The van der Waals surface area contributed by atoms with Crippen LogP contribution in [0, 0.1) is 0 Å². The minimum absolute atomic E-state index is 0.0213. The van der Waals surface area contributed by atoms with E-state index in [0.717, 1.165) is 56.1 Å². The molecule has 2 aliphatic rings. The van der Waals surface area contributed by atoms with Crippen molar-refractivity contribution in [2.24, 2.45) is 0 Å². The zero-order valence-electron chi connectivity index (χ0n) is 15.6. The number of carbonyl (C=O) groups is 1. The molecule has 3 N–H and O–H groups in total. The van der Waals surface area contributed by atoms with Gasteiger partial charge < -0.3 is 25.6 Å². The van der Waals surface area contributed by atoms with E-state index in [2.05, 4.69) is 21.2 Å². The number of piperazine rings is 1. The number of anilines is 3. The van der Waals surface area contributed by atoms with Gasteiger partial charge in [0.25, 0.3) is 5.91 Å². The summed E-state index contributed by atoms with van der Waals surface area (Å²) in [7, 11) is 1.70. The summed E-state index contributed by atoms with van der Waals surface area (Å²) in [6.45, 7) is 3.42. The van der Waals surface area contributed by atoms with Gasteiger partial charge in [-0.15, -0.1) is 0 Å². The first-order chi connectivity index (χ1) is 13.2. The molecule has 6 heteroatoms. The highest BCUT2D eigenvalue weighted by molar-refractivity contribution is 6.01.